The van der Waals surface area contributed by atoms with Gasteiger partial charge in [-0.05, 0) is 45.2 Å². The monoisotopic (exact) mass is 596 g/mol. The number of benzene rings is 2. The molecule has 2 aromatic rings. The highest BCUT2D eigenvalue weighted by atomic mass is 16.6. The number of carbonyl (C=O) groups is 4. The first kappa shape index (κ1) is 35.1. The third-order valence-electron chi connectivity index (χ3n) is 6.86. The van der Waals surface area contributed by atoms with Gasteiger partial charge in [-0.1, -0.05) is 87.6 Å². The molecule has 0 saturated carbocycles. The zero-order chi connectivity index (χ0) is 32.0. The van der Waals surface area contributed by atoms with Crippen molar-refractivity contribution in [2.75, 3.05) is 6.54 Å². The SMILES string of the molecule is CCCCCCCCN(C(=O)C(CC(N)=O)NC(=O)OC(C)(C)C)C(C(=O)NCc1ccccc1)c1cccc(C)c1O. The molecule has 10 heteroatoms. The number of alkyl carbamates (subject to hydrolysis) is 1. The molecule has 0 radical (unpaired) electrons. The highest BCUT2D eigenvalue weighted by Gasteiger charge is 2.38. The summed E-state index contributed by atoms with van der Waals surface area (Å²) in [7, 11) is 0. The highest BCUT2D eigenvalue weighted by molar-refractivity contribution is 5.94. The van der Waals surface area contributed by atoms with Gasteiger partial charge < -0.3 is 31.1 Å². The fourth-order valence-corrected chi connectivity index (χ4v) is 4.71. The normalized spacial score (nSPS) is 12.6. The lowest BCUT2D eigenvalue weighted by atomic mass is 9.98. The maximum atomic E-state index is 14.2. The van der Waals surface area contributed by atoms with Gasteiger partial charge in [0, 0.05) is 18.7 Å². The summed E-state index contributed by atoms with van der Waals surface area (Å²) in [4.78, 5) is 54.2. The molecule has 0 aliphatic carbocycles. The fraction of sp³-hybridized carbons (Fsp3) is 0.515. The van der Waals surface area contributed by atoms with Crippen LogP contribution in [0.3, 0.4) is 0 Å². The number of ether oxygens (including phenoxy) is 1. The van der Waals surface area contributed by atoms with Crippen LogP contribution >= 0.6 is 0 Å². The standard InChI is InChI=1S/C33H48N4O6/c1-6-7-8-9-10-14-20-37(31(41)26(21-27(34)38)36-32(42)43-33(3,4)5)28(25-19-15-16-23(2)29(25)39)30(40)35-22-24-17-12-11-13-18-24/h11-13,15-19,26,28,39H,6-10,14,20-22H2,1-5H3,(H2,34,38)(H,35,40)(H,36,42). The zero-order valence-electron chi connectivity index (χ0n) is 26.2. The number of aryl methyl sites for hydroxylation is 1. The van der Waals surface area contributed by atoms with Crippen molar-refractivity contribution in [3.63, 3.8) is 0 Å². The van der Waals surface area contributed by atoms with Crippen LogP contribution in [0.4, 0.5) is 4.79 Å². The summed E-state index contributed by atoms with van der Waals surface area (Å²) in [6.07, 6.45) is 4.18. The summed E-state index contributed by atoms with van der Waals surface area (Å²) in [5.41, 5.74) is 6.26. The molecule has 0 bridgehead atoms. The Morgan fingerprint density at radius 1 is 0.953 bits per heavy atom. The average Bonchev–Trinajstić information content (AvgIpc) is 2.93. The smallest absolute Gasteiger partial charge is 0.408 e. The van der Waals surface area contributed by atoms with Gasteiger partial charge >= 0.3 is 6.09 Å². The van der Waals surface area contributed by atoms with E-state index >= 15 is 0 Å². The Bertz CT molecular complexity index is 1210. The molecule has 2 atom stereocenters. The van der Waals surface area contributed by atoms with Gasteiger partial charge in [-0.3, -0.25) is 14.4 Å². The van der Waals surface area contributed by atoms with Crippen molar-refractivity contribution in [2.45, 2.75) is 104 Å². The lowest BCUT2D eigenvalue weighted by molar-refractivity contribution is -0.143. The van der Waals surface area contributed by atoms with Gasteiger partial charge in [-0.15, -0.1) is 0 Å². The summed E-state index contributed by atoms with van der Waals surface area (Å²) in [5.74, 6) is -2.12. The lowest BCUT2D eigenvalue weighted by Gasteiger charge is -2.34. The Morgan fingerprint density at radius 3 is 2.23 bits per heavy atom. The molecule has 0 fully saturated rings. The number of nitrogens with zero attached hydrogens (tertiary/aromatic N) is 1. The van der Waals surface area contributed by atoms with E-state index in [0.29, 0.717) is 12.0 Å². The van der Waals surface area contributed by atoms with Crippen LogP contribution in [0.2, 0.25) is 0 Å². The number of hydrogen-bond acceptors (Lipinski definition) is 6. The van der Waals surface area contributed by atoms with Crippen molar-refractivity contribution in [1.29, 1.82) is 0 Å². The first-order valence-corrected chi connectivity index (χ1v) is 15.0. The number of hydrogen-bond donors (Lipinski definition) is 4. The molecule has 2 unspecified atom stereocenters. The Morgan fingerprint density at radius 2 is 1.60 bits per heavy atom. The summed E-state index contributed by atoms with van der Waals surface area (Å²) >= 11 is 0. The minimum atomic E-state index is -1.39. The van der Waals surface area contributed by atoms with Crippen LogP contribution in [-0.4, -0.2) is 52.0 Å². The van der Waals surface area contributed by atoms with Crippen LogP contribution in [0.25, 0.3) is 0 Å². The molecular formula is C33H48N4O6. The van der Waals surface area contributed by atoms with Crippen LogP contribution in [-0.2, 0) is 25.7 Å². The minimum absolute atomic E-state index is 0.116. The Labute approximate surface area is 255 Å². The summed E-state index contributed by atoms with van der Waals surface area (Å²) < 4.78 is 5.34. The lowest BCUT2D eigenvalue weighted by Crippen LogP contribution is -2.54. The molecule has 0 saturated heterocycles. The molecule has 236 valence electrons. The van der Waals surface area contributed by atoms with Gasteiger partial charge in [-0.25, -0.2) is 4.79 Å². The van der Waals surface area contributed by atoms with E-state index in [1.807, 2.05) is 30.3 Å². The summed E-state index contributed by atoms with van der Waals surface area (Å²) in [6, 6.07) is 11.7. The van der Waals surface area contributed by atoms with Crippen LogP contribution in [0.15, 0.2) is 48.5 Å². The van der Waals surface area contributed by atoms with Crippen molar-refractivity contribution in [2.24, 2.45) is 5.73 Å². The number of nitrogens with one attached hydrogen (secondary N) is 2. The van der Waals surface area contributed by atoms with Gasteiger partial charge in [0.25, 0.3) is 0 Å². The van der Waals surface area contributed by atoms with Crippen molar-refractivity contribution in [1.82, 2.24) is 15.5 Å². The average molecular weight is 597 g/mol. The topological polar surface area (TPSA) is 151 Å². The predicted octanol–water partition coefficient (Wildman–Crippen LogP) is 5.02. The molecule has 0 aliphatic rings. The molecule has 0 aromatic heterocycles. The summed E-state index contributed by atoms with van der Waals surface area (Å²) in [6.45, 7) is 9.21. The van der Waals surface area contributed by atoms with Crippen LogP contribution in [0, 0.1) is 6.92 Å². The molecule has 2 aromatic carbocycles. The molecule has 5 N–H and O–H groups in total. The van der Waals surface area contributed by atoms with Crippen molar-refractivity contribution in [3.8, 4) is 5.75 Å². The van der Waals surface area contributed by atoms with E-state index < -0.39 is 47.9 Å². The number of rotatable bonds is 16. The molecule has 43 heavy (non-hydrogen) atoms. The molecule has 2 rings (SSSR count). The molecular weight excluding hydrogens is 548 g/mol. The number of amides is 4. The van der Waals surface area contributed by atoms with E-state index in [4.69, 9.17) is 10.5 Å². The van der Waals surface area contributed by atoms with Crippen LogP contribution in [0.1, 0.15) is 95.4 Å². The van der Waals surface area contributed by atoms with E-state index in [-0.39, 0.29) is 24.4 Å². The zero-order valence-corrected chi connectivity index (χ0v) is 26.2. The number of nitrogens with two attached hydrogens (primary N) is 1. The number of primary amides is 1. The number of phenolic OH excluding ortho intramolecular Hbond substituents is 1. The Hall–Kier alpha value is -4.08. The maximum absolute atomic E-state index is 14.2. The van der Waals surface area contributed by atoms with Crippen molar-refractivity contribution < 1.29 is 29.0 Å². The Balaban J connectivity index is 2.52. The molecule has 10 nitrogen and oxygen atoms in total. The fourth-order valence-electron chi connectivity index (χ4n) is 4.71. The second-order valence-corrected chi connectivity index (χ2v) is 11.8. The van der Waals surface area contributed by atoms with Crippen LogP contribution < -0.4 is 16.4 Å². The van der Waals surface area contributed by atoms with Crippen molar-refractivity contribution >= 4 is 23.8 Å². The first-order chi connectivity index (χ1) is 20.3. The third kappa shape index (κ3) is 12.0. The van der Waals surface area contributed by atoms with Gasteiger partial charge in [0.15, 0.2) is 0 Å². The van der Waals surface area contributed by atoms with E-state index in [1.54, 1.807) is 45.9 Å². The molecule has 0 aliphatic heterocycles. The predicted molar refractivity (Wildman–Crippen MR) is 166 cm³/mol. The Kier molecular flexibility index (Phi) is 14.0. The van der Waals surface area contributed by atoms with Gasteiger partial charge in [0.05, 0.1) is 6.42 Å². The second-order valence-electron chi connectivity index (χ2n) is 11.8. The number of phenols is 1. The second kappa shape index (κ2) is 17.1. The van der Waals surface area contributed by atoms with Gasteiger partial charge in [-0.2, -0.15) is 0 Å². The summed E-state index contributed by atoms with van der Waals surface area (Å²) in [5, 5.41) is 16.5. The number of carbonyl (C=O) groups excluding carboxylic acids is 4. The molecule has 0 spiro atoms. The van der Waals surface area contributed by atoms with E-state index in [1.165, 1.54) is 4.90 Å². The molecule has 0 heterocycles. The minimum Gasteiger partial charge on any atom is -0.507 e. The largest absolute Gasteiger partial charge is 0.507 e. The number of para-hydroxylation sites is 1. The highest BCUT2D eigenvalue weighted by Crippen LogP contribution is 2.33. The maximum Gasteiger partial charge on any atom is 0.408 e. The van der Waals surface area contributed by atoms with Gasteiger partial charge in [0.2, 0.25) is 17.7 Å². The number of unbranched alkanes of at least 4 members (excludes halogenated alkanes) is 5. The van der Waals surface area contributed by atoms with Gasteiger partial charge in [0.1, 0.15) is 23.4 Å². The van der Waals surface area contributed by atoms with Crippen LogP contribution in [0.5, 0.6) is 5.75 Å². The first-order valence-electron chi connectivity index (χ1n) is 15.0. The van der Waals surface area contributed by atoms with E-state index in [9.17, 15) is 24.3 Å². The van der Waals surface area contributed by atoms with E-state index in [2.05, 4.69) is 17.6 Å². The molecule has 4 amide bonds. The number of aromatic hydroxyl groups is 1. The van der Waals surface area contributed by atoms with Crippen molar-refractivity contribution in [3.05, 3.63) is 65.2 Å². The quantitative estimate of drug-likeness (QED) is 0.200. The third-order valence-corrected chi connectivity index (χ3v) is 6.86. The van der Waals surface area contributed by atoms with E-state index in [0.717, 1.165) is 37.7 Å².